The lowest BCUT2D eigenvalue weighted by atomic mass is 9.58. The third kappa shape index (κ3) is 5.23. The van der Waals surface area contributed by atoms with Gasteiger partial charge in [-0.25, -0.2) is 8.42 Å². The molecule has 3 aliphatic carbocycles. The molecule has 4 bridgehead atoms. The van der Waals surface area contributed by atoms with Crippen LogP contribution in [0.5, 0.6) is 0 Å². The van der Waals surface area contributed by atoms with Crippen molar-refractivity contribution in [1.29, 1.82) is 5.26 Å². The number of carbonyl (C=O) groups excluding carboxylic acids is 1. The first kappa shape index (κ1) is 28.1. The molecule has 2 atom stereocenters. The smallest absolute Gasteiger partial charge is 0.347 e. The maximum atomic E-state index is 13.5. The molecule has 5 aliphatic rings. The van der Waals surface area contributed by atoms with Gasteiger partial charge < -0.3 is 5.32 Å². The first-order valence-electron chi connectivity index (χ1n) is 12.8. The SMILES string of the molecule is CS(=O)(=O)N1[C@@H]2CC[C@H]1CN(S(=O)(=O)Nc1ccc(C(F)(F)F)cc1C(=O)NC13CCC(C#N)(CC1)CC3)C2. The van der Waals surface area contributed by atoms with Crippen LogP contribution < -0.4 is 10.0 Å². The van der Waals surface area contributed by atoms with Gasteiger partial charge in [-0.2, -0.15) is 35.5 Å². The molecule has 2 N–H and O–H groups in total. The fourth-order valence-electron chi connectivity index (χ4n) is 6.61. The van der Waals surface area contributed by atoms with Gasteiger partial charge >= 0.3 is 16.4 Å². The molecule has 0 unspecified atom stereocenters. The van der Waals surface area contributed by atoms with Crippen LogP contribution in [0, 0.1) is 16.7 Å². The number of piperazine rings is 1. The molecule has 0 radical (unpaired) electrons. The summed E-state index contributed by atoms with van der Waals surface area (Å²) in [4.78, 5) is 13.4. The zero-order chi connectivity index (χ0) is 28.4. The zero-order valence-electron chi connectivity index (χ0n) is 21.3. The van der Waals surface area contributed by atoms with E-state index >= 15 is 0 Å². The second kappa shape index (κ2) is 9.32. The number of amides is 1. The van der Waals surface area contributed by atoms with Gasteiger partial charge in [0.15, 0.2) is 0 Å². The summed E-state index contributed by atoms with van der Waals surface area (Å²) in [6, 6.07) is 3.56. The molecular weight excluding hydrogens is 559 g/mol. The molecule has 2 aliphatic heterocycles. The van der Waals surface area contributed by atoms with Crippen molar-refractivity contribution in [3.05, 3.63) is 29.3 Å². The number of carbonyl (C=O) groups is 1. The van der Waals surface area contributed by atoms with Crippen molar-refractivity contribution in [1.82, 2.24) is 13.9 Å². The minimum atomic E-state index is -4.76. The minimum absolute atomic E-state index is 0.106. The highest BCUT2D eigenvalue weighted by atomic mass is 32.2. The summed E-state index contributed by atoms with van der Waals surface area (Å²) >= 11 is 0. The molecule has 1 aromatic carbocycles. The average molecular weight is 590 g/mol. The standard InChI is InChI=1S/C24H30F3N5O5S2/c1-38(34,35)32-17-3-4-18(32)14-31(13-17)39(36,37)30-20-5-2-16(24(25,26)27)12-19(20)21(33)29-23-9-6-22(15-28,7-10-23)8-11-23/h2,5,12,17-18,30H,3-4,6-11,13-14H2,1H3,(H,29,33)/t17-,18+,22?,23?. The molecule has 39 heavy (non-hydrogen) atoms. The number of sulfonamides is 1. The van der Waals surface area contributed by atoms with Crippen LogP contribution in [0.4, 0.5) is 18.9 Å². The molecule has 2 saturated heterocycles. The Balaban J connectivity index is 1.40. The highest BCUT2D eigenvalue weighted by Crippen LogP contribution is 2.52. The van der Waals surface area contributed by atoms with Crippen molar-refractivity contribution < 1.29 is 34.8 Å². The Kier molecular flexibility index (Phi) is 6.72. The van der Waals surface area contributed by atoms with E-state index in [4.69, 9.17) is 0 Å². The number of alkyl halides is 3. The Morgan fingerprint density at radius 2 is 1.59 bits per heavy atom. The molecule has 3 saturated carbocycles. The first-order chi connectivity index (χ1) is 18.1. The monoisotopic (exact) mass is 589 g/mol. The van der Waals surface area contributed by atoms with Crippen molar-refractivity contribution >= 4 is 31.8 Å². The third-order valence-electron chi connectivity index (χ3n) is 8.80. The molecule has 5 fully saturated rings. The molecule has 2 heterocycles. The predicted octanol–water partition coefficient (Wildman–Crippen LogP) is 2.82. The number of halogens is 3. The zero-order valence-corrected chi connectivity index (χ0v) is 22.9. The largest absolute Gasteiger partial charge is 0.416 e. The minimum Gasteiger partial charge on any atom is -0.347 e. The topological polar surface area (TPSA) is 140 Å². The number of rotatable bonds is 6. The van der Waals surface area contributed by atoms with Gasteiger partial charge in [-0.3, -0.25) is 9.52 Å². The van der Waals surface area contributed by atoms with E-state index in [1.54, 1.807) is 0 Å². The van der Waals surface area contributed by atoms with Gasteiger partial charge in [0, 0.05) is 30.7 Å². The number of nitriles is 1. The molecule has 0 spiro atoms. The van der Waals surface area contributed by atoms with Crippen molar-refractivity contribution in [2.45, 2.75) is 75.2 Å². The van der Waals surface area contributed by atoms with E-state index in [2.05, 4.69) is 16.1 Å². The number of benzene rings is 1. The second-order valence-corrected chi connectivity index (χ2v) is 14.8. The molecule has 1 aromatic rings. The average Bonchev–Trinajstić information content (AvgIpc) is 3.15. The van der Waals surface area contributed by atoms with Gasteiger partial charge in [-0.05, 0) is 69.6 Å². The maximum Gasteiger partial charge on any atom is 0.416 e. The fraction of sp³-hybridized carbons (Fsp3) is 0.667. The van der Waals surface area contributed by atoms with Gasteiger partial charge in [0.2, 0.25) is 10.0 Å². The second-order valence-electron chi connectivity index (χ2n) is 11.3. The molecule has 6 rings (SSSR count). The summed E-state index contributed by atoms with van der Waals surface area (Å²) < 4.78 is 96.3. The molecule has 1 amide bonds. The van der Waals surface area contributed by atoms with Crippen LogP contribution in [0.25, 0.3) is 0 Å². The van der Waals surface area contributed by atoms with E-state index in [0.717, 1.165) is 16.6 Å². The Bertz CT molecular complexity index is 1400. The Morgan fingerprint density at radius 3 is 2.08 bits per heavy atom. The van der Waals surface area contributed by atoms with Crippen LogP contribution >= 0.6 is 0 Å². The van der Waals surface area contributed by atoms with Crippen LogP contribution in [-0.2, 0) is 26.4 Å². The van der Waals surface area contributed by atoms with Gasteiger partial charge in [-0.1, -0.05) is 0 Å². The van der Waals surface area contributed by atoms with Gasteiger partial charge in [0.1, 0.15) is 0 Å². The van der Waals surface area contributed by atoms with Gasteiger partial charge in [0.25, 0.3) is 5.91 Å². The molecule has 15 heteroatoms. The molecule has 10 nitrogen and oxygen atoms in total. The highest BCUT2D eigenvalue weighted by Gasteiger charge is 2.50. The van der Waals surface area contributed by atoms with Crippen molar-refractivity contribution in [2.24, 2.45) is 5.41 Å². The number of anilines is 1. The van der Waals surface area contributed by atoms with Crippen molar-refractivity contribution in [3.63, 3.8) is 0 Å². The van der Waals surface area contributed by atoms with E-state index in [9.17, 15) is 40.1 Å². The summed E-state index contributed by atoms with van der Waals surface area (Å²) in [5.41, 5.74) is -2.94. The number of nitrogens with one attached hydrogen (secondary N) is 2. The lowest BCUT2D eigenvalue weighted by molar-refractivity contribution is -0.137. The van der Waals surface area contributed by atoms with Crippen LogP contribution in [0.2, 0.25) is 0 Å². The maximum absolute atomic E-state index is 13.5. The number of hydrogen-bond acceptors (Lipinski definition) is 6. The molecule has 0 aromatic heterocycles. The summed E-state index contributed by atoms with van der Waals surface area (Å²) in [6.07, 6.45) is 0.577. The summed E-state index contributed by atoms with van der Waals surface area (Å²) in [5, 5.41) is 12.4. The van der Waals surface area contributed by atoms with Crippen LogP contribution in [0.15, 0.2) is 18.2 Å². The van der Waals surface area contributed by atoms with Crippen LogP contribution in [-0.4, -0.2) is 68.3 Å². The normalized spacial score (nSPS) is 31.6. The van der Waals surface area contributed by atoms with Gasteiger partial charge in [0.05, 0.1) is 34.6 Å². The molecule has 214 valence electrons. The first-order valence-corrected chi connectivity index (χ1v) is 16.1. The van der Waals surface area contributed by atoms with Gasteiger partial charge in [-0.15, -0.1) is 0 Å². The van der Waals surface area contributed by atoms with E-state index in [1.807, 2.05) is 0 Å². The molecular formula is C24H30F3N5O5S2. The van der Waals surface area contributed by atoms with E-state index < -0.39 is 66.5 Å². The Morgan fingerprint density at radius 1 is 1.03 bits per heavy atom. The lowest BCUT2D eigenvalue weighted by Gasteiger charge is -2.50. The van der Waals surface area contributed by atoms with E-state index in [-0.39, 0.29) is 18.8 Å². The summed E-state index contributed by atoms with van der Waals surface area (Å²) in [6.45, 7) is -0.213. The predicted molar refractivity (Wildman–Crippen MR) is 135 cm³/mol. The summed E-state index contributed by atoms with van der Waals surface area (Å²) in [7, 11) is -7.87. The summed E-state index contributed by atoms with van der Waals surface area (Å²) in [5.74, 6) is -0.827. The number of fused-ring (bicyclic) bond motifs is 5. The number of nitrogens with zero attached hydrogens (tertiary/aromatic N) is 3. The van der Waals surface area contributed by atoms with Crippen LogP contribution in [0.3, 0.4) is 0 Å². The van der Waals surface area contributed by atoms with E-state index in [1.165, 1.54) is 4.31 Å². The lowest BCUT2D eigenvalue weighted by Crippen LogP contribution is -2.57. The third-order valence-corrected chi connectivity index (χ3v) is 11.6. The Hall–Kier alpha value is -2.41. The van der Waals surface area contributed by atoms with Crippen molar-refractivity contribution in [3.8, 4) is 6.07 Å². The van der Waals surface area contributed by atoms with Crippen LogP contribution in [0.1, 0.15) is 67.3 Å². The quantitative estimate of drug-likeness (QED) is 0.523. The van der Waals surface area contributed by atoms with Crippen molar-refractivity contribution in [2.75, 3.05) is 24.1 Å². The highest BCUT2D eigenvalue weighted by molar-refractivity contribution is 7.90. The number of hydrogen-bond donors (Lipinski definition) is 2. The van der Waals surface area contributed by atoms with E-state index in [0.29, 0.717) is 63.5 Å². The Labute approximate surface area is 225 Å². The fourth-order valence-corrected chi connectivity index (χ4v) is 9.36.